The first-order valence-corrected chi connectivity index (χ1v) is 9.06. The van der Waals surface area contributed by atoms with E-state index in [9.17, 15) is 0 Å². The van der Waals surface area contributed by atoms with Gasteiger partial charge in [0.05, 0.1) is 13.2 Å². The second kappa shape index (κ2) is 4.70. The average molecular weight is 302 g/mol. The highest BCUT2D eigenvalue weighted by Crippen LogP contribution is 2.67. The Labute approximate surface area is 134 Å². The lowest BCUT2D eigenvalue weighted by Gasteiger charge is -2.56. The van der Waals surface area contributed by atoms with Gasteiger partial charge in [-0.1, -0.05) is 31.6 Å². The number of ether oxygens (including phenoxy) is 2. The number of rotatable bonds is 1. The van der Waals surface area contributed by atoms with Crippen LogP contribution >= 0.6 is 0 Å². The molecule has 22 heavy (non-hydrogen) atoms. The van der Waals surface area contributed by atoms with Crippen LogP contribution in [0.3, 0.4) is 0 Å². The molecule has 122 valence electrons. The highest BCUT2D eigenvalue weighted by atomic mass is 16.7. The maximum Gasteiger partial charge on any atom is 0.174 e. The summed E-state index contributed by atoms with van der Waals surface area (Å²) < 4.78 is 12.4. The van der Waals surface area contributed by atoms with E-state index in [1.54, 1.807) is 0 Å². The van der Waals surface area contributed by atoms with E-state index in [0.29, 0.717) is 0 Å². The Morgan fingerprint density at radius 1 is 1.14 bits per heavy atom. The van der Waals surface area contributed by atoms with Gasteiger partial charge in [0, 0.05) is 17.3 Å². The lowest BCUT2D eigenvalue weighted by molar-refractivity contribution is -0.240. The van der Waals surface area contributed by atoms with Crippen LogP contribution in [0, 0.1) is 28.6 Å². The fourth-order valence-corrected chi connectivity index (χ4v) is 6.38. The third-order valence-electron chi connectivity index (χ3n) is 7.98. The highest BCUT2D eigenvalue weighted by Gasteiger charge is 2.66. The van der Waals surface area contributed by atoms with Gasteiger partial charge in [-0.25, -0.2) is 0 Å². The monoisotopic (exact) mass is 302 g/mol. The first-order chi connectivity index (χ1) is 10.5. The minimum absolute atomic E-state index is 0.178. The maximum atomic E-state index is 6.20. The summed E-state index contributed by atoms with van der Waals surface area (Å²) in [4.78, 5) is 0. The largest absolute Gasteiger partial charge is 0.347 e. The number of allylic oxidation sites excluding steroid dienone is 3. The highest BCUT2D eigenvalue weighted by molar-refractivity contribution is 5.26. The molecule has 4 rings (SSSR count). The Balaban J connectivity index is 1.71. The van der Waals surface area contributed by atoms with E-state index < -0.39 is 0 Å². The van der Waals surface area contributed by atoms with Crippen molar-refractivity contribution >= 4 is 0 Å². The van der Waals surface area contributed by atoms with Gasteiger partial charge in [0.25, 0.3) is 0 Å². The zero-order valence-electron chi connectivity index (χ0n) is 14.4. The summed E-state index contributed by atoms with van der Waals surface area (Å²) in [5.74, 6) is 1.96. The summed E-state index contributed by atoms with van der Waals surface area (Å²) >= 11 is 0. The van der Waals surface area contributed by atoms with Crippen molar-refractivity contribution in [3.8, 4) is 0 Å². The summed E-state index contributed by atoms with van der Waals surface area (Å²) in [6, 6.07) is 0. The van der Waals surface area contributed by atoms with E-state index in [1.165, 1.54) is 31.3 Å². The molecule has 0 aromatic carbocycles. The van der Waals surface area contributed by atoms with Crippen molar-refractivity contribution in [2.75, 3.05) is 13.2 Å². The third-order valence-corrected chi connectivity index (χ3v) is 7.98. The van der Waals surface area contributed by atoms with Crippen molar-refractivity contribution < 1.29 is 9.47 Å². The zero-order valence-corrected chi connectivity index (χ0v) is 14.4. The molecule has 2 saturated carbocycles. The molecule has 0 aromatic heterocycles. The Morgan fingerprint density at radius 2 is 1.82 bits per heavy atom. The zero-order chi connectivity index (χ0) is 15.6. The van der Waals surface area contributed by atoms with E-state index in [0.717, 1.165) is 37.4 Å². The summed E-state index contributed by atoms with van der Waals surface area (Å²) in [6.45, 7) is 12.9. The van der Waals surface area contributed by atoms with Crippen molar-refractivity contribution in [1.82, 2.24) is 0 Å². The Kier molecular flexibility index (Phi) is 3.20. The lowest BCUT2D eigenvalue weighted by atomic mass is 9.50. The van der Waals surface area contributed by atoms with Crippen LogP contribution in [0.25, 0.3) is 0 Å². The van der Waals surface area contributed by atoms with E-state index in [1.807, 2.05) is 0 Å². The Hall–Kier alpha value is -0.600. The molecule has 5 atom stereocenters. The van der Waals surface area contributed by atoms with Gasteiger partial charge >= 0.3 is 0 Å². The minimum atomic E-state index is -0.274. The quantitative estimate of drug-likeness (QED) is 0.653. The molecule has 0 amide bonds. The fraction of sp³-hybridized carbons (Fsp3) is 0.800. The molecule has 5 unspecified atom stereocenters. The maximum absolute atomic E-state index is 6.20. The van der Waals surface area contributed by atoms with Gasteiger partial charge in [0.2, 0.25) is 0 Å². The van der Waals surface area contributed by atoms with Crippen LogP contribution in [-0.4, -0.2) is 19.0 Å². The SMILES string of the molecule is C=CC1(C)C(C)=CCC2C1CCC1(C)C2CCC12OCCO2. The van der Waals surface area contributed by atoms with Crippen LogP contribution in [0.5, 0.6) is 0 Å². The van der Waals surface area contributed by atoms with Crippen LogP contribution in [0.1, 0.15) is 52.9 Å². The number of fused-ring (bicyclic) bond motifs is 4. The Morgan fingerprint density at radius 3 is 2.50 bits per heavy atom. The molecule has 0 N–H and O–H groups in total. The molecule has 2 nitrogen and oxygen atoms in total. The van der Waals surface area contributed by atoms with Gasteiger partial charge in [-0.05, 0) is 50.4 Å². The van der Waals surface area contributed by atoms with Gasteiger partial charge < -0.3 is 9.47 Å². The normalized spacial score (nSPS) is 49.6. The third kappa shape index (κ3) is 1.63. The molecule has 0 bridgehead atoms. The molecule has 2 heteroatoms. The molecule has 0 radical (unpaired) electrons. The van der Waals surface area contributed by atoms with Crippen molar-refractivity contribution in [3.05, 3.63) is 24.3 Å². The van der Waals surface area contributed by atoms with Crippen molar-refractivity contribution in [1.29, 1.82) is 0 Å². The van der Waals surface area contributed by atoms with E-state index in [2.05, 4.69) is 39.5 Å². The molecule has 1 aliphatic heterocycles. The fourth-order valence-electron chi connectivity index (χ4n) is 6.38. The molecule has 3 fully saturated rings. The molecular weight excluding hydrogens is 272 g/mol. The second-order valence-corrected chi connectivity index (χ2v) is 8.43. The van der Waals surface area contributed by atoms with Gasteiger partial charge in [0.1, 0.15) is 0 Å². The van der Waals surface area contributed by atoms with Crippen LogP contribution in [0.2, 0.25) is 0 Å². The predicted molar refractivity (Wildman–Crippen MR) is 88.4 cm³/mol. The van der Waals surface area contributed by atoms with Crippen molar-refractivity contribution in [2.24, 2.45) is 28.6 Å². The van der Waals surface area contributed by atoms with Crippen LogP contribution in [0.15, 0.2) is 24.3 Å². The van der Waals surface area contributed by atoms with Crippen LogP contribution < -0.4 is 0 Å². The van der Waals surface area contributed by atoms with E-state index in [-0.39, 0.29) is 16.6 Å². The van der Waals surface area contributed by atoms with Gasteiger partial charge in [-0.15, -0.1) is 6.58 Å². The summed E-state index contributed by atoms with van der Waals surface area (Å²) in [6.07, 6.45) is 10.8. The average Bonchev–Trinajstić information content (AvgIpc) is 3.10. The van der Waals surface area contributed by atoms with Crippen molar-refractivity contribution in [3.63, 3.8) is 0 Å². The second-order valence-electron chi connectivity index (χ2n) is 8.43. The smallest absolute Gasteiger partial charge is 0.174 e. The lowest BCUT2D eigenvalue weighted by Crippen LogP contribution is -2.54. The van der Waals surface area contributed by atoms with Crippen molar-refractivity contribution in [2.45, 2.75) is 58.7 Å². The first kappa shape index (κ1) is 15.0. The Bertz CT molecular complexity index is 516. The van der Waals surface area contributed by atoms with E-state index in [4.69, 9.17) is 9.47 Å². The summed E-state index contributed by atoms with van der Waals surface area (Å²) in [5.41, 5.74) is 1.90. The molecule has 0 aromatic rings. The van der Waals surface area contributed by atoms with Crippen LogP contribution in [-0.2, 0) is 9.47 Å². The topological polar surface area (TPSA) is 18.5 Å². The van der Waals surface area contributed by atoms with E-state index >= 15 is 0 Å². The molecule has 3 aliphatic carbocycles. The number of hydrogen-bond donors (Lipinski definition) is 0. The first-order valence-electron chi connectivity index (χ1n) is 9.06. The van der Waals surface area contributed by atoms with Gasteiger partial charge in [-0.3, -0.25) is 0 Å². The number of hydrogen-bond acceptors (Lipinski definition) is 2. The molecule has 1 saturated heterocycles. The molecular formula is C20H30O2. The molecule has 1 spiro atoms. The minimum Gasteiger partial charge on any atom is -0.347 e. The predicted octanol–water partition coefficient (Wildman–Crippen LogP) is 4.71. The molecule has 4 aliphatic rings. The summed E-state index contributed by atoms with van der Waals surface area (Å²) in [5, 5.41) is 0. The van der Waals surface area contributed by atoms with Crippen LogP contribution in [0.4, 0.5) is 0 Å². The van der Waals surface area contributed by atoms with Gasteiger partial charge in [-0.2, -0.15) is 0 Å². The van der Waals surface area contributed by atoms with Gasteiger partial charge in [0.15, 0.2) is 5.79 Å². The molecule has 1 heterocycles. The summed E-state index contributed by atoms with van der Waals surface area (Å²) in [7, 11) is 0. The standard InChI is InChI=1S/C20H30O2/c1-5-18(3)14(2)6-7-15-16(18)8-10-19(4)17(15)9-11-20(19)21-12-13-22-20/h5-6,15-17H,1,7-13H2,2-4H3.